The van der Waals surface area contributed by atoms with Crippen LogP contribution in [0.1, 0.15) is 16.9 Å². The molecule has 1 aliphatic heterocycles. The van der Waals surface area contributed by atoms with E-state index in [4.69, 9.17) is 9.84 Å². The molecule has 1 aromatic heterocycles. The van der Waals surface area contributed by atoms with Gasteiger partial charge in [0.15, 0.2) is 0 Å². The third-order valence-corrected chi connectivity index (χ3v) is 5.15. The Kier molecular flexibility index (Phi) is 4.24. The highest BCUT2D eigenvalue weighted by Gasteiger charge is 2.26. The number of fused-ring (bicyclic) bond motifs is 1. The first-order chi connectivity index (χ1) is 10.1. The third kappa shape index (κ3) is 3.10. The summed E-state index contributed by atoms with van der Waals surface area (Å²) in [4.78, 5) is 14.6. The number of rotatable bonds is 4. The van der Waals surface area contributed by atoms with Crippen LogP contribution in [0.3, 0.4) is 0 Å². The molecule has 0 spiro atoms. The van der Waals surface area contributed by atoms with Crippen molar-refractivity contribution in [3.8, 4) is 0 Å². The molecule has 1 fully saturated rings. The summed E-state index contributed by atoms with van der Waals surface area (Å²) < 4.78 is 6.75. The fourth-order valence-corrected chi connectivity index (χ4v) is 3.98. The molecule has 0 saturated carbocycles. The van der Waals surface area contributed by atoms with Crippen molar-refractivity contribution < 1.29 is 14.6 Å². The standard InChI is InChI=1S/C16H19NO3S/c1-11-14(13-4-2-3-5-15(13)21-11)9-17-6-7-20-10-12(17)8-16(18)19/h2-5,12H,6-10H2,1H3,(H,18,19). The molecule has 1 atom stereocenters. The number of aryl methyl sites for hydroxylation is 1. The minimum atomic E-state index is -0.762. The van der Waals surface area contributed by atoms with Gasteiger partial charge in [-0.15, -0.1) is 11.3 Å². The molecule has 1 aromatic carbocycles. The summed E-state index contributed by atoms with van der Waals surface area (Å²) in [6.07, 6.45) is 0.140. The van der Waals surface area contributed by atoms with Crippen LogP contribution in [0.15, 0.2) is 24.3 Å². The van der Waals surface area contributed by atoms with Crippen LogP contribution in [-0.4, -0.2) is 41.8 Å². The van der Waals surface area contributed by atoms with Crippen LogP contribution in [0.5, 0.6) is 0 Å². The van der Waals surface area contributed by atoms with Crippen LogP contribution in [0.2, 0.25) is 0 Å². The number of hydrogen-bond donors (Lipinski definition) is 1. The molecule has 3 rings (SSSR count). The molecule has 1 saturated heterocycles. The lowest BCUT2D eigenvalue weighted by Crippen LogP contribution is -2.45. The lowest BCUT2D eigenvalue weighted by atomic mass is 10.1. The number of carboxylic acid groups (broad SMARTS) is 1. The molecule has 4 nitrogen and oxygen atoms in total. The molecular weight excluding hydrogens is 286 g/mol. The Morgan fingerprint density at radius 3 is 3.10 bits per heavy atom. The van der Waals surface area contributed by atoms with Crippen LogP contribution in [-0.2, 0) is 16.1 Å². The largest absolute Gasteiger partial charge is 0.481 e. The zero-order chi connectivity index (χ0) is 14.8. The van der Waals surface area contributed by atoms with Gasteiger partial charge in [0.2, 0.25) is 0 Å². The first-order valence-corrected chi connectivity index (χ1v) is 7.97. The van der Waals surface area contributed by atoms with Crippen molar-refractivity contribution in [3.63, 3.8) is 0 Å². The van der Waals surface area contributed by atoms with Crippen molar-refractivity contribution >= 4 is 27.4 Å². The predicted molar refractivity (Wildman–Crippen MR) is 83.8 cm³/mol. The maximum atomic E-state index is 11.0. The lowest BCUT2D eigenvalue weighted by molar-refractivity contribution is -0.140. The molecule has 1 unspecified atom stereocenters. The van der Waals surface area contributed by atoms with Gasteiger partial charge in [0.25, 0.3) is 0 Å². The van der Waals surface area contributed by atoms with Gasteiger partial charge < -0.3 is 9.84 Å². The van der Waals surface area contributed by atoms with Gasteiger partial charge in [0.05, 0.1) is 19.6 Å². The molecule has 0 aliphatic carbocycles. The molecule has 2 heterocycles. The quantitative estimate of drug-likeness (QED) is 0.943. The molecule has 0 bridgehead atoms. The highest BCUT2D eigenvalue weighted by atomic mass is 32.1. The van der Waals surface area contributed by atoms with Crippen molar-refractivity contribution in [2.75, 3.05) is 19.8 Å². The molecule has 0 radical (unpaired) electrons. The topological polar surface area (TPSA) is 49.8 Å². The van der Waals surface area contributed by atoms with Crippen molar-refractivity contribution in [2.24, 2.45) is 0 Å². The molecule has 2 aromatic rings. The monoisotopic (exact) mass is 305 g/mol. The van der Waals surface area contributed by atoms with Gasteiger partial charge in [-0.25, -0.2) is 0 Å². The second-order valence-corrected chi connectivity index (χ2v) is 6.69. The number of carbonyl (C=O) groups is 1. The normalized spacial score (nSPS) is 20.0. The Balaban J connectivity index is 1.85. The maximum Gasteiger partial charge on any atom is 0.305 e. The van der Waals surface area contributed by atoms with Crippen LogP contribution in [0.25, 0.3) is 10.1 Å². The lowest BCUT2D eigenvalue weighted by Gasteiger charge is -2.34. The van der Waals surface area contributed by atoms with E-state index in [0.717, 1.165) is 13.1 Å². The van der Waals surface area contributed by atoms with E-state index >= 15 is 0 Å². The number of carboxylic acids is 1. The molecule has 1 N–H and O–H groups in total. The van der Waals surface area contributed by atoms with Crippen molar-refractivity contribution in [3.05, 3.63) is 34.7 Å². The zero-order valence-electron chi connectivity index (χ0n) is 12.0. The number of ether oxygens (including phenoxy) is 1. The van der Waals surface area contributed by atoms with E-state index < -0.39 is 5.97 Å². The molecule has 5 heteroatoms. The maximum absolute atomic E-state index is 11.0. The molecule has 112 valence electrons. The van der Waals surface area contributed by atoms with Gasteiger partial charge in [-0.2, -0.15) is 0 Å². The summed E-state index contributed by atoms with van der Waals surface area (Å²) in [6, 6.07) is 8.39. The average molecular weight is 305 g/mol. The second-order valence-electron chi connectivity index (χ2n) is 5.43. The van der Waals surface area contributed by atoms with Crippen molar-refractivity contribution in [1.82, 2.24) is 4.90 Å². The van der Waals surface area contributed by atoms with E-state index in [9.17, 15) is 4.79 Å². The van der Waals surface area contributed by atoms with Crippen LogP contribution in [0.4, 0.5) is 0 Å². The SMILES string of the molecule is Cc1sc2ccccc2c1CN1CCOCC1CC(=O)O. The minimum Gasteiger partial charge on any atom is -0.481 e. The van der Waals surface area contributed by atoms with E-state index in [1.807, 2.05) is 11.3 Å². The Morgan fingerprint density at radius 2 is 2.29 bits per heavy atom. The van der Waals surface area contributed by atoms with Crippen LogP contribution >= 0.6 is 11.3 Å². The van der Waals surface area contributed by atoms with E-state index in [-0.39, 0.29) is 12.5 Å². The van der Waals surface area contributed by atoms with Gasteiger partial charge >= 0.3 is 5.97 Å². The summed E-state index contributed by atoms with van der Waals surface area (Å²) in [5.41, 5.74) is 1.33. The van der Waals surface area contributed by atoms with Crippen LogP contribution < -0.4 is 0 Å². The first kappa shape index (κ1) is 14.5. The minimum absolute atomic E-state index is 0.0330. The average Bonchev–Trinajstić information content (AvgIpc) is 2.77. The molecule has 1 aliphatic rings. The van der Waals surface area contributed by atoms with E-state index in [1.165, 1.54) is 20.5 Å². The zero-order valence-corrected chi connectivity index (χ0v) is 12.9. The van der Waals surface area contributed by atoms with Crippen molar-refractivity contribution in [2.45, 2.75) is 25.9 Å². The summed E-state index contributed by atoms with van der Waals surface area (Å²) in [7, 11) is 0. The fourth-order valence-electron chi connectivity index (χ4n) is 2.91. The van der Waals surface area contributed by atoms with E-state index in [2.05, 4.69) is 36.1 Å². The fraction of sp³-hybridized carbons (Fsp3) is 0.438. The summed E-state index contributed by atoms with van der Waals surface area (Å²) in [5, 5.41) is 10.3. The van der Waals surface area contributed by atoms with E-state index in [0.29, 0.717) is 13.2 Å². The van der Waals surface area contributed by atoms with Gasteiger partial charge in [0, 0.05) is 28.7 Å². The van der Waals surface area contributed by atoms with Gasteiger partial charge in [0.1, 0.15) is 0 Å². The summed E-state index contributed by atoms with van der Waals surface area (Å²) in [6.45, 7) is 4.93. The Morgan fingerprint density at radius 1 is 1.48 bits per heavy atom. The van der Waals surface area contributed by atoms with E-state index in [1.54, 1.807) is 0 Å². The van der Waals surface area contributed by atoms with Gasteiger partial charge in [-0.3, -0.25) is 9.69 Å². The third-order valence-electron chi connectivity index (χ3n) is 4.02. The number of nitrogens with zero attached hydrogens (tertiary/aromatic N) is 1. The number of morpholine rings is 1. The Labute approximate surface area is 127 Å². The van der Waals surface area contributed by atoms with Crippen molar-refractivity contribution in [1.29, 1.82) is 0 Å². The van der Waals surface area contributed by atoms with Crippen LogP contribution in [0, 0.1) is 6.92 Å². The highest BCUT2D eigenvalue weighted by Crippen LogP contribution is 2.32. The smallest absolute Gasteiger partial charge is 0.305 e. The number of thiophene rings is 1. The highest BCUT2D eigenvalue weighted by molar-refractivity contribution is 7.19. The summed E-state index contributed by atoms with van der Waals surface area (Å²) >= 11 is 1.81. The van der Waals surface area contributed by atoms with Gasteiger partial charge in [-0.05, 0) is 23.9 Å². The second kappa shape index (κ2) is 6.13. The molecule has 21 heavy (non-hydrogen) atoms. The molecular formula is C16H19NO3S. The molecule has 0 amide bonds. The Bertz CT molecular complexity index is 652. The number of aliphatic carboxylic acids is 1. The predicted octanol–water partition coefficient (Wildman–Crippen LogP) is 2.89. The number of benzene rings is 1. The first-order valence-electron chi connectivity index (χ1n) is 7.15. The Hall–Kier alpha value is -1.43. The summed E-state index contributed by atoms with van der Waals surface area (Å²) in [5.74, 6) is -0.762. The number of hydrogen-bond acceptors (Lipinski definition) is 4. The van der Waals surface area contributed by atoms with Gasteiger partial charge in [-0.1, -0.05) is 18.2 Å².